The second-order valence-corrected chi connectivity index (χ2v) is 2.78. The molecule has 0 aliphatic rings. The van der Waals surface area contributed by atoms with Crippen molar-refractivity contribution in [2.45, 2.75) is 19.5 Å². The van der Waals surface area contributed by atoms with Gasteiger partial charge in [-0.15, -0.1) is 0 Å². The molecule has 7 heteroatoms. The largest absolute Gasteiger partial charge is 0.471 e. The molecular formula is C8H12F3NO3. The maximum atomic E-state index is 11.9. The molecule has 4 nitrogen and oxygen atoms in total. The number of halogens is 3. The zero-order chi connectivity index (χ0) is 12.1. The summed E-state index contributed by atoms with van der Waals surface area (Å²) in [6, 6.07) is 0. The smallest absolute Gasteiger partial charge is 0.466 e. The molecule has 0 aromatic rings. The summed E-state index contributed by atoms with van der Waals surface area (Å²) in [6.45, 7) is 1.44. The summed E-state index contributed by atoms with van der Waals surface area (Å²) in [6.07, 6.45) is -5.14. The summed E-state index contributed by atoms with van der Waals surface area (Å²) in [5.41, 5.74) is 0. The number of carbonyl (C=O) groups is 2. The number of amides is 1. The highest BCUT2D eigenvalue weighted by atomic mass is 19.4. The van der Waals surface area contributed by atoms with E-state index in [1.807, 2.05) is 0 Å². The first kappa shape index (κ1) is 13.7. The van der Waals surface area contributed by atoms with Gasteiger partial charge in [0.25, 0.3) is 0 Å². The standard InChI is InChI=1S/C8H12F3NO3/c1-3-15-6(13)4-5-12(2)7(14)8(9,10)11/h3-5H2,1-2H3. The van der Waals surface area contributed by atoms with Crippen LogP contribution in [0.1, 0.15) is 13.3 Å². The van der Waals surface area contributed by atoms with E-state index in [1.54, 1.807) is 6.92 Å². The van der Waals surface area contributed by atoms with Crippen molar-refractivity contribution >= 4 is 11.9 Å². The molecule has 0 bridgehead atoms. The third-order valence-corrected chi connectivity index (χ3v) is 1.55. The molecule has 0 radical (unpaired) electrons. The Morgan fingerprint density at radius 1 is 1.33 bits per heavy atom. The van der Waals surface area contributed by atoms with Gasteiger partial charge in [-0.25, -0.2) is 0 Å². The van der Waals surface area contributed by atoms with E-state index in [-0.39, 0.29) is 19.6 Å². The van der Waals surface area contributed by atoms with E-state index in [0.29, 0.717) is 4.90 Å². The third-order valence-electron chi connectivity index (χ3n) is 1.55. The van der Waals surface area contributed by atoms with E-state index in [4.69, 9.17) is 0 Å². The summed E-state index contributed by atoms with van der Waals surface area (Å²) < 4.78 is 40.1. The molecule has 15 heavy (non-hydrogen) atoms. The Kier molecular flexibility index (Phi) is 5.10. The molecule has 0 aromatic carbocycles. The van der Waals surface area contributed by atoms with Crippen LogP contribution in [-0.4, -0.2) is 43.2 Å². The first-order valence-corrected chi connectivity index (χ1v) is 4.27. The lowest BCUT2D eigenvalue weighted by Gasteiger charge is -2.17. The van der Waals surface area contributed by atoms with Crippen LogP contribution in [0.25, 0.3) is 0 Å². The number of alkyl halides is 3. The highest BCUT2D eigenvalue weighted by Gasteiger charge is 2.41. The fraction of sp³-hybridized carbons (Fsp3) is 0.750. The van der Waals surface area contributed by atoms with Gasteiger partial charge in [0.05, 0.1) is 13.0 Å². The number of carbonyl (C=O) groups excluding carboxylic acids is 2. The average Bonchev–Trinajstić information content (AvgIpc) is 2.12. The molecule has 1 amide bonds. The van der Waals surface area contributed by atoms with Gasteiger partial charge in [0, 0.05) is 13.6 Å². The van der Waals surface area contributed by atoms with Crippen molar-refractivity contribution in [3.63, 3.8) is 0 Å². The number of rotatable bonds is 4. The van der Waals surface area contributed by atoms with E-state index in [1.165, 1.54) is 0 Å². The van der Waals surface area contributed by atoms with Crippen LogP contribution in [-0.2, 0) is 14.3 Å². The number of hydrogen-bond acceptors (Lipinski definition) is 3. The average molecular weight is 227 g/mol. The van der Waals surface area contributed by atoms with Crippen molar-refractivity contribution in [3.05, 3.63) is 0 Å². The molecule has 0 aliphatic carbocycles. The van der Waals surface area contributed by atoms with Gasteiger partial charge in [-0.2, -0.15) is 13.2 Å². The van der Waals surface area contributed by atoms with Crippen molar-refractivity contribution in [2.24, 2.45) is 0 Å². The molecular weight excluding hydrogens is 215 g/mol. The van der Waals surface area contributed by atoms with Crippen LogP contribution in [0.2, 0.25) is 0 Å². The lowest BCUT2D eigenvalue weighted by molar-refractivity contribution is -0.184. The minimum absolute atomic E-state index is 0.162. The van der Waals surface area contributed by atoms with Crippen LogP contribution in [0.4, 0.5) is 13.2 Å². The second kappa shape index (κ2) is 5.57. The van der Waals surface area contributed by atoms with Gasteiger partial charge in [0.15, 0.2) is 0 Å². The summed E-state index contributed by atoms with van der Waals surface area (Å²) >= 11 is 0. The van der Waals surface area contributed by atoms with Gasteiger partial charge < -0.3 is 9.64 Å². The molecule has 0 spiro atoms. The predicted octanol–water partition coefficient (Wildman–Crippen LogP) is 0.960. The Hall–Kier alpha value is -1.27. The van der Waals surface area contributed by atoms with Crippen LogP contribution < -0.4 is 0 Å². The fourth-order valence-electron chi connectivity index (χ4n) is 0.810. The van der Waals surface area contributed by atoms with Crippen molar-refractivity contribution < 1.29 is 27.5 Å². The van der Waals surface area contributed by atoms with E-state index in [2.05, 4.69) is 4.74 Å². The monoisotopic (exact) mass is 227 g/mol. The number of nitrogens with zero attached hydrogens (tertiary/aromatic N) is 1. The minimum atomic E-state index is -4.90. The van der Waals surface area contributed by atoms with Crippen LogP contribution in [0.3, 0.4) is 0 Å². The van der Waals surface area contributed by atoms with Gasteiger partial charge in [0.1, 0.15) is 0 Å². The normalized spacial score (nSPS) is 11.0. The van der Waals surface area contributed by atoms with Crippen LogP contribution in [0.5, 0.6) is 0 Å². The zero-order valence-corrected chi connectivity index (χ0v) is 8.43. The lowest BCUT2D eigenvalue weighted by atomic mass is 10.4. The van der Waals surface area contributed by atoms with Gasteiger partial charge in [-0.1, -0.05) is 0 Å². The quantitative estimate of drug-likeness (QED) is 0.672. The minimum Gasteiger partial charge on any atom is -0.466 e. The first-order valence-electron chi connectivity index (χ1n) is 4.27. The molecule has 0 saturated carbocycles. The molecule has 0 heterocycles. The highest BCUT2D eigenvalue weighted by molar-refractivity contribution is 5.82. The maximum Gasteiger partial charge on any atom is 0.471 e. The van der Waals surface area contributed by atoms with Gasteiger partial charge >= 0.3 is 18.1 Å². The molecule has 0 atom stereocenters. The molecule has 0 aromatic heterocycles. The lowest BCUT2D eigenvalue weighted by Crippen LogP contribution is -2.39. The maximum absolute atomic E-state index is 11.9. The third kappa shape index (κ3) is 5.24. The van der Waals surface area contributed by atoms with Crippen LogP contribution in [0, 0.1) is 0 Å². The Labute approximate surface area is 85.0 Å². The van der Waals surface area contributed by atoms with Gasteiger partial charge in [0.2, 0.25) is 0 Å². The SMILES string of the molecule is CCOC(=O)CCN(C)C(=O)C(F)(F)F. The zero-order valence-electron chi connectivity index (χ0n) is 8.43. The van der Waals surface area contributed by atoms with E-state index < -0.39 is 18.1 Å². The first-order chi connectivity index (χ1) is 6.79. The number of ether oxygens (including phenoxy) is 1. The van der Waals surface area contributed by atoms with Crippen LogP contribution in [0.15, 0.2) is 0 Å². The van der Waals surface area contributed by atoms with Gasteiger partial charge in [-0.3, -0.25) is 9.59 Å². The topological polar surface area (TPSA) is 46.6 Å². The Balaban J connectivity index is 3.99. The Morgan fingerprint density at radius 2 is 1.87 bits per heavy atom. The number of hydrogen-bond donors (Lipinski definition) is 0. The summed E-state index contributed by atoms with van der Waals surface area (Å²) in [5, 5.41) is 0. The van der Waals surface area contributed by atoms with Crippen molar-refractivity contribution in [1.82, 2.24) is 4.90 Å². The molecule has 0 aliphatic heterocycles. The molecule has 0 N–H and O–H groups in total. The predicted molar refractivity (Wildman–Crippen MR) is 44.9 cm³/mol. The summed E-state index contributed by atoms with van der Waals surface area (Å²) in [5.74, 6) is -2.59. The van der Waals surface area contributed by atoms with Crippen molar-refractivity contribution in [3.8, 4) is 0 Å². The van der Waals surface area contributed by atoms with Gasteiger partial charge in [-0.05, 0) is 6.92 Å². The molecule has 0 rings (SSSR count). The van der Waals surface area contributed by atoms with Crippen molar-refractivity contribution in [1.29, 1.82) is 0 Å². The van der Waals surface area contributed by atoms with Crippen molar-refractivity contribution in [2.75, 3.05) is 20.2 Å². The van der Waals surface area contributed by atoms with E-state index in [9.17, 15) is 22.8 Å². The molecule has 0 unspecified atom stereocenters. The van der Waals surface area contributed by atoms with Crippen LogP contribution >= 0.6 is 0 Å². The fourth-order valence-corrected chi connectivity index (χ4v) is 0.810. The number of esters is 1. The van der Waals surface area contributed by atoms with E-state index >= 15 is 0 Å². The molecule has 0 saturated heterocycles. The second-order valence-electron chi connectivity index (χ2n) is 2.78. The summed E-state index contributed by atoms with van der Waals surface area (Å²) in [4.78, 5) is 21.8. The molecule has 0 fully saturated rings. The Morgan fingerprint density at radius 3 is 2.27 bits per heavy atom. The summed E-state index contributed by atoms with van der Waals surface area (Å²) in [7, 11) is 0.981. The van der Waals surface area contributed by atoms with E-state index in [0.717, 1.165) is 7.05 Å². The highest BCUT2D eigenvalue weighted by Crippen LogP contribution is 2.17. The Bertz CT molecular complexity index is 240. The molecule has 88 valence electrons.